The van der Waals surface area contributed by atoms with E-state index in [1.165, 1.54) is 6.20 Å². The summed E-state index contributed by atoms with van der Waals surface area (Å²) in [6.07, 6.45) is 4.39. The third-order valence-corrected chi connectivity index (χ3v) is 4.39. The molecule has 1 aliphatic rings. The van der Waals surface area contributed by atoms with E-state index in [0.29, 0.717) is 31.0 Å². The van der Waals surface area contributed by atoms with Gasteiger partial charge in [0.25, 0.3) is 5.91 Å². The summed E-state index contributed by atoms with van der Waals surface area (Å²) in [5.41, 5.74) is 0.763. The van der Waals surface area contributed by atoms with Crippen molar-refractivity contribution >= 4 is 11.9 Å². The van der Waals surface area contributed by atoms with Gasteiger partial charge in [0.2, 0.25) is 0 Å². The molecule has 1 fully saturated rings. The number of nitrogens with zero attached hydrogens (tertiary/aromatic N) is 3. The SMILES string of the molecule is CCOc1ccccc1C(=O)N1CCC(n2cc(C(=O)O)cn2)CC1. The molecular formula is C18H21N3O4. The quantitative estimate of drug-likeness (QED) is 0.901. The van der Waals surface area contributed by atoms with Gasteiger partial charge in [-0.05, 0) is 31.9 Å². The number of aromatic nitrogens is 2. The number of piperidine rings is 1. The molecule has 25 heavy (non-hydrogen) atoms. The van der Waals surface area contributed by atoms with Crippen LogP contribution in [-0.2, 0) is 0 Å². The lowest BCUT2D eigenvalue weighted by molar-refractivity contribution is 0.0684. The Bertz CT molecular complexity index is 763. The molecule has 1 saturated heterocycles. The summed E-state index contributed by atoms with van der Waals surface area (Å²) >= 11 is 0. The van der Waals surface area contributed by atoms with Crippen molar-refractivity contribution in [1.29, 1.82) is 0 Å². The average Bonchev–Trinajstić information content (AvgIpc) is 3.12. The van der Waals surface area contributed by atoms with Crippen LogP contribution in [0.2, 0.25) is 0 Å². The fourth-order valence-electron chi connectivity index (χ4n) is 3.08. The molecule has 1 aromatic carbocycles. The summed E-state index contributed by atoms with van der Waals surface area (Å²) in [6.45, 7) is 3.61. The van der Waals surface area contributed by atoms with Crippen molar-refractivity contribution in [2.75, 3.05) is 19.7 Å². The Hall–Kier alpha value is -2.83. The molecule has 7 heteroatoms. The van der Waals surface area contributed by atoms with Crippen LogP contribution in [-0.4, -0.2) is 51.4 Å². The molecule has 0 saturated carbocycles. The second-order valence-electron chi connectivity index (χ2n) is 5.97. The topological polar surface area (TPSA) is 84.7 Å². The monoisotopic (exact) mass is 343 g/mol. The number of carboxylic acid groups (broad SMARTS) is 1. The fraction of sp³-hybridized carbons (Fsp3) is 0.389. The van der Waals surface area contributed by atoms with Crippen LogP contribution in [0.4, 0.5) is 0 Å². The van der Waals surface area contributed by atoms with Gasteiger partial charge in [-0.1, -0.05) is 12.1 Å². The summed E-state index contributed by atoms with van der Waals surface area (Å²) in [6, 6.07) is 7.39. The maximum atomic E-state index is 12.8. The van der Waals surface area contributed by atoms with Crippen LogP contribution in [0.25, 0.3) is 0 Å². The molecule has 132 valence electrons. The van der Waals surface area contributed by atoms with Gasteiger partial charge in [0, 0.05) is 19.3 Å². The van der Waals surface area contributed by atoms with Crippen LogP contribution in [0.15, 0.2) is 36.7 Å². The van der Waals surface area contributed by atoms with Crippen molar-refractivity contribution in [3.8, 4) is 5.75 Å². The molecule has 0 unspecified atom stereocenters. The van der Waals surface area contributed by atoms with E-state index in [2.05, 4.69) is 5.10 Å². The number of aromatic carboxylic acids is 1. The van der Waals surface area contributed by atoms with Gasteiger partial charge in [-0.25, -0.2) is 4.79 Å². The lowest BCUT2D eigenvalue weighted by Gasteiger charge is -2.32. The van der Waals surface area contributed by atoms with Crippen molar-refractivity contribution in [3.05, 3.63) is 47.8 Å². The van der Waals surface area contributed by atoms with Crippen LogP contribution >= 0.6 is 0 Å². The van der Waals surface area contributed by atoms with E-state index in [0.717, 1.165) is 12.8 Å². The van der Waals surface area contributed by atoms with Crippen molar-refractivity contribution in [3.63, 3.8) is 0 Å². The molecule has 1 aromatic heterocycles. The predicted octanol–water partition coefficient (Wildman–Crippen LogP) is 2.46. The predicted molar refractivity (Wildman–Crippen MR) is 91.0 cm³/mol. The standard InChI is InChI=1S/C18H21N3O4/c1-2-25-16-6-4-3-5-15(16)17(22)20-9-7-14(8-10-20)21-12-13(11-19-21)18(23)24/h3-6,11-12,14H,2,7-10H2,1H3,(H,23,24). The maximum absolute atomic E-state index is 12.8. The maximum Gasteiger partial charge on any atom is 0.338 e. The van der Waals surface area contributed by atoms with Gasteiger partial charge < -0.3 is 14.7 Å². The van der Waals surface area contributed by atoms with Gasteiger partial charge in [0.1, 0.15) is 5.75 Å². The molecule has 2 heterocycles. The number of carbonyl (C=O) groups is 2. The van der Waals surface area contributed by atoms with E-state index in [1.54, 1.807) is 23.0 Å². The summed E-state index contributed by atoms with van der Waals surface area (Å²) in [7, 11) is 0. The van der Waals surface area contributed by atoms with Crippen LogP contribution in [0.1, 0.15) is 46.5 Å². The number of benzene rings is 1. The average molecular weight is 343 g/mol. The number of likely N-dealkylation sites (tertiary alicyclic amines) is 1. The zero-order valence-corrected chi connectivity index (χ0v) is 14.1. The Morgan fingerprint density at radius 2 is 2.00 bits per heavy atom. The van der Waals surface area contributed by atoms with Gasteiger partial charge in [0.15, 0.2) is 0 Å². The van der Waals surface area contributed by atoms with Crippen LogP contribution in [0, 0.1) is 0 Å². The summed E-state index contributed by atoms with van der Waals surface area (Å²) in [4.78, 5) is 25.6. The zero-order valence-electron chi connectivity index (χ0n) is 14.1. The third-order valence-electron chi connectivity index (χ3n) is 4.39. The Labute approximate surface area is 145 Å². The molecule has 1 aliphatic heterocycles. The third kappa shape index (κ3) is 3.65. The van der Waals surface area contributed by atoms with Gasteiger partial charge in [-0.15, -0.1) is 0 Å². The second kappa shape index (κ2) is 7.38. The first-order valence-electron chi connectivity index (χ1n) is 8.38. The van der Waals surface area contributed by atoms with Crippen LogP contribution in [0.5, 0.6) is 5.75 Å². The molecular weight excluding hydrogens is 322 g/mol. The van der Waals surface area contributed by atoms with Crippen molar-refractivity contribution in [1.82, 2.24) is 14.7 Å². The van der Waals surface area contributed by atoms with E-state index in [-0.39, 0.29) is 17.5 Å². The number of rotatable bonds is 5. The number of hydrogen-bond acceptors (Lipinski definition) is 4. The van der Waals surface area contributed by atoms with E-state index in [9.17, 15) is 9.59 Å². The molecule has 0 aliphatic carbocycles. The minimum Gasteiger partial charge on any atom is -0.493 e. The van der Waals surface area contributed by atoms with E-state index >= 15 is 0 Å². The number of carboxylic acids is 1. The molecule has 0 radical (unpaired) electrons. The van der Waals surface area contributed by atoms with Crippen LogP contribution in [0.3, 0.4) is 0 Å². The van der Waals surface area contributed by atoms with Gasteiger partial charge in [0.05, 0.1) is 30.0 Å². The molecule has 2 aromatic rings. The summed E-state index contributed by atoms with van der Waals surface area (Å²) in [5, 5.41) is 13.1. The Kier molecular flexibility index (Phi) is 5.02. The molecule has 0 atom stereocenters. The van der Waals surface area contributed by atoms with Crippen molar-refractivity contribution in [2.45, 2.75) is 25.8 Å². The highest BCUT2D eigenvalue weighted by Crippen LogP contribution is 2.26. The number of amides is 1. The summed E-state index contributed by atoms with van der Waals surface area (Å²) < 4.78 is 7.24. The lowest BCUT2D eigenvalue weighted by Crippen LogP contribution is -2.39. The molecule has 0 spiro atoms. The first kappa shape index (κ1) is 17.0. The number of hydrogen-bond donors (Lipinski definition) is 1. The van der Waals surface area contributed by atoms with Crippen molar-refractivity contribution < 1.29 is 19.4 Å². The van der Waals surface area contributed by atoms with Crippen LogP contribution < -0.4 is 4.74 Å². The highest BCUT2D eigenvalue weighted by atomic mass is 16.5. The molecule has 1 N–H and O–H groups in total. The fourth-order valence-corrected chi connectivity index (χ4v) is 3.08. The lowest BCUT2D eigenvalue weighted by atomic mass is 10.0. The Morgan fingerprint density at radius 1 is 1.28 bits per heavy atom. The zero-order chi connectivity index (χ0) is 17.8. The van der Waals surface area contributed by atoms with Gasteiger partial charge >= 0.3 is 5.97 Å². The minimum absolute atomic E-state index is 0.0332. The van der Waals surface area contributed by atoms with Crippen molar-refractivity contribution in [2.24, 2.45) is 0 Å². The molecule has 7 nitrogen and oxygen atoms in total. The highest BCUT2D eigenvalue weighted by molar-refractivity contribution is 5.97. The second-order valence-corrected chi connectivity index (χ2v) is 5.97. The summed E-state index contributed by atoms with van der Waals surface area (Å²) in [5.74, 6) is -0.407. The molecule has 1 amide bonds. The first-order valence-corrected chi connectivity index (χ1v) is 8.38. The van der Waals surface area contributed by atoms with E-state index in [1.807, 2.05) is 24.0 Å². The Balaban J connectivity index is 1.65. The van der Waals surface area contributed by atoms with Gasteiger partial charge in [-0.2, -0.15) is 5.10 Å². The first-order chi connectivity index (χ1) is 12.1. The van der Waals surface area contributed by atoms with Gasteiger partial charge in [-0.3, -0.25) is 9.48 Å². The molecule has 0 bridgehead atoms. The number of carbonyl (C=O) groups excluding carboxylic acids is 1. The highest BCUT2D eigenvalue weighted by Gasteiger charge is 2.26. The normalized spacial score (nSPS) is 15.2. The minimum atomic E-state index is -0.980. The van der Waals surface area contributed by atoms with E-state index < -0.39 is 5.97 Å². The number of para-hydroxylation sites is 1. The smallest absolute Gasteiger partial charge is 0.338 e. The van der Waals surface area contributed by atoms with E-state index in [4.69, 9.17) is 9.84 Å². The number of ether oxygens (including phenoxy) is 1. The molecule has 3 rings (SSSR count). The Morgan fingerprint density at radius 3 is 2.64 bits per heavy atom. The largest absolute Gasteiger partial charge is 0.493 e.